The second kappa shape index (κ2) is 12.2. The van der Waals surface area contributed by atoms with Gasteiger partial charge >= 0.3 is 6.36 Å². The Hall–Kier alpha value is -4.32. The molecule has 3 aromatic carbocycles. The maximum Gasteiger partial charge on any atom is 0.573 e. The molecule has 4 aromatic rings. The molecule has 208 valence electrons. The first kappa shape index (κ1) is 28.7. The highest BCUT2D eigenvalue weighted by Gasteiger charge is 2.31. The molecule has 0 unspecified atom stereocenters. The van der Waals surface area contributed by atoms with Crippen molar-refractivity contribution in [2.75, 3.05) is 6.26 Å². The lowest BCUT2D eigenvalue weighted by Gasteiger charge is -2.10. The lowest BCUT2D eigenvalue weighted by Crippen LogP contribution is -2.17. The van der Waals surface area contributed by atoms with Crippen molar-refractivity contribution in [1.82, 2.24) is 15.2 Å². The third-order valence-corrected chi connectivity index (χ3v) is 6.36. The molecule has 0 aliphatic carbocycles. The average Bonchev–Trinajstić information content (AvgIpc) is 3.24. The highest BCUT2D eigenvalue weighted by molar-refractivity contribution is 8.13. The van der Waals surface area contributed by atoms with Crippen molar-refractivity contribution in [3.05, 3.63) is 83.6 Å². The lowest BCUT2D eigenvalue weighted by atomic mass is 10.0. The number of hydrogen-bond acceptors (Lipinski definition) is 6. The van der Waals surface area contributed by atoms with Gasteiger partial charge in [-0.3, -0.25) is 10.1 Å². The van der Waals surface area contributed by atoms with E-state index in [9.17, 15) is 13.2 Å². The fourth-order valence-electron chi connectivity index (χ4n) is 3.92. The van der Waals surface area contributed by atoms with E-state index in [0.717, 1.165) is 27.7 Å². The number of nitrogens with zero attached hydrogens (tertiary/aromatic N) is 5. The number of aromatic nitrogens is 2. The van der Waals surface area contributed by atoms with Crippen molar-refractivity contribution in [2.45, 2.75) is 26.1 Å². The Bertz CT molecular complexity index is 1580. The van der Waals surface area contributed by atoms with Crippen molar-refractivity contribution in [3.8, 4) is 5.75 Å². The van der Waals surface area contributed by atoms with Crippen LogP contribution in [-0.4, -0.2) is 39.6 Å². The Labute approximate surface area is 233 Å². The van der Waals surface area contributed by atoms with Crippen LogP contribution in [0.2, 0.25) is 0 Å². The predicted octanol–water partition coefficient (Wildman–Crippen LogP) is 6.61. The number of fused-ring (bicyclic) bond motifs is 1. The van der Waals surface area contributed by atoms with Crippen molar-refractivity contribution in [2.24, 2.45) is 27.9 Å². The van der Waals surface area contributed by atoms with Crippen LogP contribution in [0, 0.1) is 0 Å². The number of para-hydroxylation sites is 1. The van der Waals surface area contributed by atoms with Gasteiger partial charge in [-0.2, -0.15) is 10.2 Å². The number of rotatable bonds is 7. The fraction of sp³-hybridized carbons (Fsp3) is 0.214. The van der Waals surface area contributed by atoms with Gasteiger partial charge in [0.1, 0.15) is 11.4 Å². The topological polar surface area (TPSA) is 102 Å². The van der Waals surface area contributed by atoms with Crippen LogP contribution in [0.25, 0.3) is 10.9 Å². The summed E-state index contributed by atoms with van der Waals surface area (Å²) in [5.41, 5.74) is 13.7. The van der Waals surface area contributed by atoms with Gasteiger partial charge in [-0.25, -0.2) is 9.98 Å². The predicted molar refractivity (Wildman–Crippen MR) is 156 cm³/mol. The Morgan fingerprint density at radius 3 is 2.48 bits per heavy atom. The summed E-state index contributed by atoms with van der Waals surface area (Å²) in [6.07, 6.45) is -1.14. The summed E-state index contributed by atoms with van der Waals surface area (Å²) < 4.78 is 42.7. The van der Waals surface area contributed by atoms with Gasteiger partial charge in [-0.05, 0) is 65.8 Å². The normalized spacial score (nSPS) is 13.0. The van der Waals surface area contributed by atoms with E-state index in [1.165, 1.54) is 36.0 Å². The summed E-state index contributed by atoms with van der Waals surface area (Å²) in [7, 11) is 1.78. The maximum absolute atomic E-state index is 12.4. The van der Waals surface area contributed by atoms with Gasteiger partial charge in [0.05, 0.1) is 23.1 Å². The van der Waals surface area contributed by atoms with Gasteiger partial charge in [0.2, 0.25) is 0 Å². The second-order valence-corrected chi connectivity index (χ2v) is 9.79. The number of hydrogen-bond donors (Lipinski definition) is 2. The molecule has 0 aliphatic rings. The molecule has 0 spiro atoms. The molecule has 8 nitrogen and oxygen atoms in total. The second-order valence-electron chi connectivity index (χ2n) is 8.99. The zero-order valence-corrected chi connectivity index (χ0v) is 23.1. The zero-order chi connectivity index (χ0) is 28.9. The molecule has 12 heteroatoms. The first-order valence-corrected chi connectivity index (χ1v) is 13.4. The van der Waals surface area contributed by atoms with E-state index in [1.807, 2.05) is 42.7 Å². The first-order chi connectivity index (χ1) is 19.0. The molecule has 0 bridgehead atoms. The molecular formula is C28H28F3N7OS. The number of nitrogens with two attached hydrogens (primary N) is 1. The van der Waals surface area contributed by atoms with Gasteiger partial charge < -0.3 is 10.5 Å². The maximum atomic E-state index is 12.4. The van der Waals surface area contributed by atoms with E-state index in [2.05, 4.69) is 45.3 Å². The molecular weight excluding hydrogens is 539 g/mol. The summed E-state index contributed by atoms with van der Waals surface area (Å²) in [5.74, 6) is 0.133. The molecule has 0 aliphatic heterocycles. The highest BCUT2D eigenvalue weighted by atomic mass is 32.2. The Morgan fingerprint density at radius 1 is 1.07 bits per heavy atom. The minimum atomic E-state index is -4.76. The van der Waals surface area contributed by atoms with Gasteiger partial charge in [0, 0.05) is 12.4 Å². The quantitative estimate of drug-likeness (QED) is 0.149. The van der Waals surface area contributed by atoms with Crippen molar-refractivity contribution in [1.29, 1.82) is 0 Å². The van der Waals surface area contributed by atoms with Crippen molar-refractivity contribution < 1.29 is 17.9 Å². The third kappa shape index (κ3) is 7.20. The van der Waals surface area contributed by atoms with Crippen LogP contribution >= 0.6 is 11.8 Å². The number of ether oxygens (including phenoxy) is 1. The van der Waals surface area contributed by atoms with E-state index in [1.54, 1.807) is 17.9 Å². The molecule has 0 atom stereocenters. The fourth-order valence-corrected chi connectivity index (χ4v) is 4.26. The number of aliphatic imine (C=N–C) groups is 2. The van der Waals surface area contributed by atoms with Crippen LogP contribution in [0.4, 0.5) is 24.5 Å². The van der Waals surface area contributed by atoms with Crippen molar-refractivity contribution in [3.63, 3.8) is 0 Å². The number of amidine groups is 2. The number of aryl methyl sites for hydroxylation is 1. The van der Waals surface area contributed by atoms with Crippen LogP contribution < -0.4 is 15.9 Å². The molecule has 3 N–H and O–H groups in total. The molecule has 0 saturated heterocycles. The van der Waals surface area contributed by atoms with E-state index < -0.39 is 6.36 Å². The zero-order valence-electron chi connectivity index (χ0n) is 22.3. The minimum Gasteiger partial charge on any atom is -0.406 e. The molecule has 4 rings (SSSR count). The van der Waals surface area contributed by atoms with Crippen LogP contribution in [0.3, 0.4) is 0 Å². The standard InChI is InChI=1S/C28H28F3N7OS/c1-17(2)21-7-5-6-8-23(21)35-27(40-4)36-33-16-18-9-14-22-24(15-18)38(3)37-25(22)26(32)34-19-10-12-20(13-11-19)39-28(29,30)31/h5-17H,1-4H3,(H2,32,34)(H,35,36)/b33-16+. The van der Waals surface area contributed by atoms with Crippen molar-refractivity contribution >= 4 is 51.3 Å². The number of halogens is 3. The molecule has 1 aromatic heterocycles. The molecule has 0 fully saturated rings. The Balaban J connectivity index is 1.51. The molecule has 40 heavy (non-hydrogen) atoms. The monoisotopic (exact) mass is 567 g/mol. The molecule has 0 amide bonds. The Kier molecular flexibility index (Phi) is 8.78. The van der Waals surface area contributed by atoms with Gasteiger partial charge in [-0.15, -0.1) is 13.2 Å². The van der Waals surface area contributed by atoms with E-state index in [4.69, 9.17) is 10.7 Å². The smallest absolute Gasteiger partial charge is 0.406 e. The number of hydrazone groups is 1. The van der Waals surface area contributed by atoms with Crippen LogP contribution in [0.15, 0.2) is 81.8 Å². The van der Waals surface area contributed by atoms with E-state index >= 15 is 0 Å². The SMILES string of the molecule is CSC(=Nc1ccccc1C(C)C)N/N=C/c1ccc2c(C(N)=Nc3ccc(OC(F)(F)F)cc3)nn(C)c2c1. The number of thioether (sulfide) groups is 1. The van der Waals surface area contributed by atoms with Gasteiger partial charge in [0.15, 0.2) is 11.0 Å². The van der Waals surface area contributed by atoms with E-state index in [-0.39, 0.29) is 11.6 Å². The number of alkyl halides is 3. The van der Waals surface area contributed by atoms with Crippen LogP contribution in [-0.2, 0) is 7.05 Å². The molecule has 0 radical (unpaired) electrons. The van der Waals surface area contributed by atoms with E-state index in [0.29, 0.717) is 22.5 Å². The largest absolute Gasteiger partial charge is 0.573 e. The van der Waals surface area contributed by atoms with Gasteiger partial charge in [-0.1, -0.05) is 49.9 Å². The number of nitrogens with one attached hydrogen (secondary N) is 1. The average molecular weight is 568 g/mol. The summed E-state index contributed by atoms with van der Waals surface area (Å²) >= 11 is 1.46. The molecule has 1 heterocycles. The summed E-state index contributed by atoms with van der Waals surface area (Å²) in [6, 6.07) is 18.8. The first-order valence-electron chi connectivity index (χ1n) is 12.2. The third-order valence-electron chi connectivity index (χ3n) is 5.79. The minimum absolute atomic E-state index is 0.126. The lowest BCUT2D eigenvalue weighted by molar-refractivity contribution is -0.274. The number of benzene rings is 3. The Morgan fingerprint density at radius 2 is 1.80 bits per heavy atom. The summed E-state index contributed by atoms with van der Waals surface area (Å²) in [6.45, 7) is 4.26. The summed E-state index contributed by atoms with van der Waals surface area (Å²) in [5, 5.41) is 10.3. The summed E-state index contributed by atoms with van der Waals surface area (Å²) in [4.78, 5) is 9.04. The molecule has 0 saturated carbocycles. The van der Waals surface area contributed by atoms with Crippen LogP contribution in [0.5, 0.6) is 5.75 Å². The highest BCUT2D eigenvalue weighted by Crippen LogP contribution is 2.28. The van der Waals surface area contributed by atoms with Crippen LogP contribution in [0.1, 0.15) is 36.6 Å². The van der Waals surface area contributed by atoms with Gasteiger partial charge in [0.25, 0.3) is 0 Å².